The molecule has 0 N–H and O–H groups in total. The fourth-order valence-electron chi connectivity index (χ4n) is 3.12. The van der Waals surface area contributed by atoms with Gasteiger partial charge in [0.25, 0.3) is 5.91 Å². The third-order valence-electron chi connectivity index (χ3n) is 4.36. The zero-order valence-electron chi connectivity index (χ0n) is 12.9. The van der Waals surface area contributed by atoms with Crippen molar-refractivity contribution in [1.29, 1.82) is 0 Å². The molecule has 1 fully saturated rings. The highest BCUT2D eigenvalue weighted by molar-refractivity contribution is 5.95. The van der Waals surface area contributed by atoms with Crippen LogP contribution in [0, 0.1) is 0 Å². The number of aromatic nitrogens is 3. The molecule has 1 amide bonds. The summed E-state index contributed by atoms with van der Waals surface area (Å²) in [4.78, 5) is 19.2. The lowest BCUT2D eigenvalue weighted by molar-refractivity contribution is -0.00463. The predicted octanol–water partition coefficient (Wildman–Crippen LogP) is 1.89. The minimum absolute atomic E-state index is 0.0185. The van der Waals surface area contributed by atoms with E-state index in [4.69, 9.17) is 4.74 Å². The summed E-state index contributed by atoms with van der Waals surface area (Å²) >= 11 is 0. The van der Waals surface area contributed by atoms with Gasteiger partial charge in [-0.25, -0.2) is 4.98 Å². The average Bonchev–Trinajstić information content (AvgIpc) is 3.22. The number of amides is 1. The maximum atomic E-state index is 13.0. The van der Waals surface area contributed by atoms with Crippen LogP contribution in [0.15, 0.2) is 49.1 Å². The minimum Gasteiger partial charge on any atom is -0.377 e. The molecule has 0 aliphatic carbocycles. The van der Waals surface area contributed by atoms with Crippen molar-refractivity contribution in [3.05, 3.63) is 60.3 Å². The third-order valence-corrected chi connectivity index (χ3v) is 4.36. The molecule has 6 heteroatoms. The summed E-state index contributed by atoms with van der Waals surface area (Å²) in [5.41, 5.74) is 2.52. The number of pyridine rings is 1. The highest BCUT2D eigenvalue weighted by atomic mass is 16.5. The fraction of sp³-hybridized carbons (Fsp3) is 0.294. The smallest absolute Gasteiger partial charge is 0.254 e. The van der Waals surface area contributed by atoms with Crippen LogP contribution in [0.3, 0.4) is 0 Å². The van der Waals surface area contributed by atoms with E-state index in [9.17, 15) is 4.79 Å². The first-order valence-corrected chi connectivity index (χ1v) is 7.67. The van der Waals surface area contributed by atoms with Gasteiger partial charge in [0.2, 0.25) is 0 Å². The number of hydrogen-bond acceptors (Lipinski definition) is 3. The molecule has 0 spiro atoms. The standard InChI is InChI=1S/C17H18N4O2/c1-19-6-2-3-14(19)15-12-23-10-9-21(15)17(22)13-4-7-20-8-5-18-16(20)11-13/h2-8,11,15H,9-10,12H2,1H3/t15-/m1/s1. The number of ether oxygens (including phenoxy) is 1. The SMILES string of the molecule is Cn1cccc1[C@H]1COCCN1C(=O)c1ccn2ccnc2c1. The van der Waals surface area contributed by atoms with Crippen molar-refractivity contribution in [3.63, 3.8) is 0 Å². The molecule has 0 radical (unpaired) electrons. The minimum atomic E-state index is -0.0628. The van der Waals surface area contributed by atoms with Gasteiger partial charge < -0.3 is 18.6 Å². The van der Waals surface area contributed by atoms with Crippen LogP contribution in [0.4, 0.5) is 0 Å². The van der Waals surface area contributed by atoms with Gasteiger partial charge in [-0.3, -0.25) is 4.79 Å². The van der Waals surface area contributed by atoms with Crippen molar-refractivity contribution < 1.29 is 9.53 Å². The van der Waals surface area contributed by atoms with Gasteiger partial charge in [0.1, 0.15) is 5.65 Å². The van der Waals surface area contributed by atoms with Gasteiger partial charge in [-0.05, 0) is 24.3 Å². The summed E-state index contributed by atoms with van der Waals surface area (Å²) in [6.07, 6.45) is 7.45. The number of morpholine rings is 1. The molecule has 0 aromatic carbocycles. The zero-order chi connectivity index (χ0) is 15.8. The van der Waals surface area contributed by atoms with Crippen LogP contribution >= 0.6 is 0 Å². The van der Waals surface area contributed by atoms with Gasteiger partial charge in [0.15, 0.2) is 0 Å². The molecule has 3 aromatic rings. The molecule has 23 heavy (non-hydrogen) atoms. The topological polar surface area (TPSA) is 51.8 Å². The summed E-state index contributed by atoms with van der Waals surface area (Å²) in [5, 5.41) is 0. The molecule has 1 saturated heterocycles. The number of hydrogen-bond donors (Lipinski definition) is 0. The molecule has 1 aliphatic heterocycles. The second-order valence-electron chi connectivity index (χ2n) is 5.74. The van der Waals surface area contributed by atoms with Crippen LogP contribution in [-0.4, -0.2) is 44.5 Å². The van der Waals surface area contributed by atoms with Gasteiger partial charge in [-0.1, -0.05) is 0 Å². The molecular weight excluding hydrogens is 292 g/mol. The lowest BCUT2D eigenvalue weighted by Crippen LogP contribution is -2.44. The lowest BCUT2D eigenvalue weighted by Gasteiger charge is -2.36. The number of imidazole rings is 1. The summed E-state index contributed by atoms with van der Waals surface area (Å²) in [6, 6.07) is 7.64. The normalized spacial score (nSPS) is 18.5. The van der Waals surface area contributed by atoms with E-state index in [2.05, 4.69) is 4.98 Å². The Balaban J connectivity index is 1.68. The molecule has 1 aliphatic rings. The quantitative estimate of drug-likeness (QED) is 0.726. The van der Waals surface area contributed by atoms with E-state index in [0.29, 0.717) is 25.3 Å². The molecule has 0 bridgehead atoms. The van der Waals surface area contributed by atoms with E-state index in [0.717, 1.165) is 11.3 Å². The van der Waals surface area contributed by atoms with E-state index < -0.39 is 0 Å². The second kappa shape index (κ2) is 5.55. The number of rotatable bonds is 2. The first kappa shape index (κ1) is 14.0. The van der Waals surface area contributed by atoms with Crippen molar-refractivity contribution >= 4 is 11.6 Å². The van der Waals surface area contributed by atoms with Crippen LogP contribution in [0.1, 0.15) is 22.1 Å². The van der Waals surface area contributed by atoms with Gasteiger partial charge >= 0.3 is 0 Å². The highest BCUT2D eigenvalue weighted by Crippen LogP contribution is 2.26. The van der Waals surface area contributed by atoms with E-state index in [-0.39, 0.29) is 11.9 Å². The van der Waals surface area contributed by atoms with Crippen LogP contribution < -0.4 is 0 Å². The number of carbonyl (C=O) groups is 1. The lowest BCUT2D eigenvalue weighted by atomic mass is 10.1. The zero-order valence-corrected chi connectivity index (χ0v) is 12.9. The molecule has 6 nitrogen and oxygen atoms in total. The Morgan fingerprint density at radius 3 is 3.04 bits per heavy atom. The third kappa shape index (κ3) is 2.41. The van der Waals surface area contributed by atoms with Gasteiger partial charge in [-0.2, -0.15) is 0 Å². The first-order valence-electron chi connectivity index (χ1n) is 7.67. The number of carbonyl (C=O) groups excluding carboxylic acids is 1. The van der Waals surface area contributed by atoms with Crippen LogP contribution in [0.5, 0.6) is 0 Å². The second-order valence-corrected chi connectivity index (χ2v) is 5.74. The van der Waals surface area contributed by atoms with Crippen molar-refractivity contribution in [3.8, 4) is 0 Å². The van der Waals surface area contributed by atoms with Crippen LogP contribution in [0.2, 0.25) is 0 Å². The van der Waals surface area contributed by atoms with E-state index in [1.165, 1.54) is 0 Å². The molecule has 0 unspecified atom stereocenters. The van der Waals surface area contributed by atoms with E-state index in [1.807, 2.05) is 63.8 Å². The van der Waals surface area contributed by atoms with Crippen molar-refractivity contribution in [2.24, 2.45) is 7.05 Å². The molecule has 118 valence electrons. The van der Waals surface area contributed by atoms with Crippen LogP contribution in [0.25, 0.3) is 5.65 Å². The molecule has 3 aromatic heterocycles. The highest BCUT2D eigenvalue weighted by Gasteiger charge is 2.30. The largest absolute Gasteiger partial charge is 0.377 e. The Morgan fingerprint density at radius 2 is 2.22 bits per heavy atom. The first-order chi connectivity index (χ1) is 11.2. The molecule has 4 heterocycles. The van der Waals surface area contributed by atoms with Crippen molar-refractivity contribution in [1.82, 2.24) is 18.9 Å². The monoisotopic (exact) mass is 310 g/mol. The Labute approximate surface area is 133 Å². The van der Waals surface area contributed by atoms with Gasteiger partial charge in [0.05, 0.1) is 19.3 Å². The Morgan fingerprint density at radius 1 is 1.30 bits per heavy atom. The Hall–Kier alpha value is -2.60. The average molecular weight is 310 g/mol. The maximum Gasteiger partial charge on any atom is 0.254 e. The van der Waals surface area contributed by atoms with E-state index in [1.54, 1.807) is 6.20 Å². The number of aryl methyl sites for hydroxylation is 1. The van der Waals surface area contributed by atoms with E-state index >= 15 is 0 Å². The van der Waals surface area contributed by atoms with Crippen LogP contribution in [-0.2, 0) is 11.8 Å². The Bertz CT molecular complexity index is 851. The molecule has 4 rings (SSSR count). The molecular formula is C17H18N4O2. The van der Waals surface area contributed by atoms with Crippen molar-refractivity contribution in [2.75, 3.05) is 19.8 Å². The van der Waals surface area contributed by atoms with Gasteiger partial charge in [0, 0.05) is 49.6 Å². The number of fused-ring (bicyclic) bond motifs is 1. The fourth-order valence-corrected chi connectivity index (χ4v) is 3.12. The predicted molar refractivity (Wildman–Crippen MR) is 85.2 cm³/mol. The summed E-state index contributed by atoms with van der Waals surface area (Å²) < 4.78 is 9.54. The number of nitrogens with zero attached hydrogens (tertiary/aromatic N) is 4. The molecule has 1 atom stereocenters. The van der Waals surface area contributed by atoms with Gasteiger partial charge in [-0.15, -0.1) is 0 Å². The Kier molecular flexibility index (Phi) is 3.38. The summed E-state index contributed by atoms with van der Waals surface area (Å²) in [5.74, 6) is 0.0185. The van der Waals surface area contributed by atoms with Crippen molar-refractivity contribution in [2.45, 2.75) is 6.04 Å². The molecule has 0 saturated carbocycles. The summed E-state index contributed by atoms with van der Waals surface area (Å²) in [6.45, 7) is 1.68. The maximum absolute atomic E-state index is 13.0. The summed E-state index contributed by atoms with van der Waals surface area (Å²) in [7, 11) is 1.99.